The number of aryl methyl sites for hydroxylation is 1. The number of nitrogen functional groups attached to an aromatic ring is 1. The first kappa shape index (κ1) is 17.8. The third-order valence-electron chi connectivity index (χ3n) is 4.34. The zero-order valence-electron chi connectivity index (χ0n) is 12.9. The molecule has 0 unspecified atom stereocenters. The summed E-state index contributed by atoms with van der Waals surface area (Å²) in [4.78, 5) is 14.5. The Bertz CT molecular complexity index is 444. The van der Waals surface area contributed by atoms with Crippen molar-refractivity contribution >= 4 is 24.0 Å². The van der Waals surface area contributed by atoms with Crippen molar-refractivity contribution in [2.75, 3.05) is 12.3 Å². The molecule has 0 atom stereocenters. The Morgan fingerprint density at radius 2 is 1.90 bits per heavy atom. The maximum absolute atomic E-state index is 12.4. The van der Waals surface area contributed by atoms with Gasteiger partial charge in [0, 0.05) is 24.7 Å². The van der Waals surface area contributed by atoms with Gasteiger partial charge in [-0.05, 0) is 37.8 Å². The van der Waals surface area contributed by atoms with Crippen LogP contribution < -0.4 is 5.73 Å². The molecular formula is C17H27ClN2O. The van der Waals surface area contributed by atoms with Gasteiger partial charge in [-0.3, -0.25) is 4.79 Å². The van der Waals surface area contributed by atoms with E-state index in [1.165, 1.54) is 32.1 Å². The van der Waals surface area contributed by atoms with Crippen LogP contribution in [0.4, 0.5) is 5.69 Å². The first-order valence-electron chi connectivity index (χ1n) is 7.85. The number of halogens is 1. The lowest BCUT2D eigenvalue weighted by Gasteiger charge is -2.33. The summed E-state index contributed by atoms with van der Waals surface area (Å²) < 4.78 is 0. The summed E-state index contributed by atoms with van der Waals surface area (Å²) in [6.07, 6.45) is 7.51. The van der Waals surface area contributed by atoms with Gasteiger partial charge in [0.15, 0.2) is 0 Å². The quantitative estimate of drug-likeness (QED) is 0.841. The standard InChI is InChI=1S/C17H26N2O.ClH/c1-2-19(15-9-4-3-5-10-15)17(20)13-12-14-8-6-7-11-16(14)18;/h6-8,11,15H,2-5,9-10,12-13,18H2,1H3;1H. The van der Waals surface area contributed by atoms with E-state index in [-0.39, 0.29) is 18.3 Å². The molecule has 0 radical (unpaired) electrons. The maximum atomic E-state index is 12.4. The SMILES string of the molecule is CCN(C(=O)CCc1ccccc1N)C1CCCCC1.Cl. The van der Waals surface area contributed by atoms with Gasteiger partial charge in [0.1, 0.15) is 0 Å². The minimum atomic E-state index is 0. The Kier molecular flexibility index (Phi) is 7.58. The Morgan fingerprint density at radius 3 is 2.52 bits per heavy atom. The van der Waals surface area contributed by atoms with E-state index in [2.05, 4.69) is 11.8 Å². The molecule has 118 valence electrons. The molecule has 1 aromatic carbocycles. The topological polar surface area (TPSA) is 46.3 Å². The number of rotatable bonds is 5. The molecule has 0 aliphatic heterocycles. The van der Waals surface area contributed by atoms with Crippen molar-refractivity contribution in [3.05, 3.63) is 29.8 Å². The number of nitrogens with zero attached hydrogens (tertiary/aromatic N) is 1. The third-order valence-corrected chi connectivity index (χ3v) is 4.34. The highest BCUT2D eigenvalue weighted by atomic mass is 35.5. The second-order valence-corrected chi connectivity index (χ2v) is 5.67. The Hall–Kier alpha value is -1.22. The van der Waals surface area contributed by atoms with Crippen LogP contribution in [0.15, 0.2) is 24.3 Å². The summed E-state index contributed by atoms with van der Waals surface area (Å²) in [6, 6.07) is 8.29. The number of carbonyl (C=O) groups is 1. The highest BCUT2D eigenvalue weighted by Gasteiger charge is 2.23. The highest BCUT2D eigenvalue weighted by Crippen LogP contribution is 2.23. The predicted molar refractivity (Wildman–Crippen MR) is 90.7 cm³/mol. The summed E-state index contributed by atoms with van der Waals surface area (Å²) in [5, 5.41) is 0. The molecule has 0 spiro atoms. The van der Waals surface area contributed by atoms with Gasteiger partial charge in [0.05, 0.1) is 0 Å². The molecule has 1 aliphatic rings. The fourth-order valence-corrected chi connectivity index (χ4v) is 3.18. The molecule has 0 bridgehead atoms. The van der Waals surface area contributed by atoms with Crippen molar-refractivity contribution in [1.82, 2.24) is 4.90 Å². The summed E-state index contributed by atoms with van der Waals surface area (Å²) in [5.41, 5.74) is 7.81. The molecule has 1 amide bonds. The van der Waals surface area contributed by atoms with Gasteiger partial charge in [0.2, 0.25) is 5.91 Å². The van der Waals surface area contributed by atoms with Crippen LogP contribution in [0.5, 0.6) is 0 Å². The van der Waals surface area contributed by atoms with Gasteiger partial charge in [-0.25, -0.2) is 0 Å². The monoisotopic (exact) mass is 310 g/mol. The number of nitrogens with two attached hydrogens (primary N) is 1. The van der Waals surface area contributed by atoms with E-state index in [0.29, 0.717) is 12.5 Å². The Balaban J connectivity index is 0.00000220. The van der Waals surface area contributed by atoms with Crippen LogP contribution in [0.3, 0.4) is 0 Å². The van der Waals surface area contributed by atoms with Gasteiger partial charge in [0.25, 0.3) is 0 Å². The smallest absolute Gasteiger partial charge is 0.223 e. The van der Waals surface area contributed by atoms with E-state index in [0.717, 1.165) is 24.2 Å². The predicted octanol–water partition coefficient (Wildman–Crippen LogP) is 3.80. The zero-order valence-corrected chi connectivity index (χ0v) is 13.7. The average Bonchev–Trinajstić information content (AvgIpc) is 2.48. The minimum Gasteiger partial charge on any atom is -0.399 e. The maximum Gasteiger partial charge on any atom is 0.223 e. The second kappa shape index (κ2) is 8.93. The fourth-order valence-electron chi connectivity index (χ4n) is 3.18. The minimum absolute atomic E-state index is 0. The highest BCUT2D eigenvalue weighted by molar-refractivity contribution is 5.85. The number of benzene rings is 1. The first-order valence-corrected chi connectivity index (χ1v) is 7.85. The van der Waals surface area contributed by atoms with Crippen molar-refractivity contribution in [1.29, 1.82) is 0 Å². The Morgan fingerprint density at radius 1 is 1.24 bits per heavy atom. The summed E-state index contributed by atoms with van der Waals surface area (Å²) >= 11 is 0. The molecule has 0 heterocycles. The molecule has 21 heavy (non-hydrogen) atoms. The number of para-hydroxylation sites is 1. The van der Waals surface area contributed by atoms with Crippen molar-refractivity contribution < 1.29 is 4.79 Å². The molecule has 2 N–H and O–H groups in total. The average molecular weight is 311 g/mol. The number of hydrogen-bond acceptors (Lipinski definition) is 2. The molecule has 1 saturated carbocycles. The van der Waals surface area contributed by atoms with Gasteiger partial charge >= 0.3 is 0 Å². The van der Waals surface area contributed by atoms with E-state index in [1.54, 1.807) is 0 Å². The van der Waals surface area contributed by atoms with Crippen LogP contribution in [0, 0.1) is 0 Å². The van der Waals surface area contributed by atoms with E-state index in [1.807, 2.05) is 24.3 Å². The molecule has 3 nitrogen and oxygen atoms in total. The summed E-state index contributed by atoms with van der Waals surface area (Å²) in [6.45, 7) is 2.91. The van der Waals surface area contributed by atoms with Crippen molar-refractivity contribution in [3.63, 3.8) is 0 Å². The molecule has 1 aromatic rings. The van der Waals surface area contributed by atoms with Crippen LogP contribution in [0.25, 0.3) is 0 Å². The Labute approximate surface area is 134 Å². The van der Waals surface area contributed by atoms with Gasteiger partial charge in [-0.1, -0.05) is 37.5 Å². The molecule has 1 aliphatic carbocycles. The van der Waals surface area contributed by atoms with Crippen molar-refractivity contribution in [2.24, 2.45) is 0 Å². The largest absolute Gasteiger partial charge is 0.399 e. The molecule has 1 fully saturated rings. The zero-order chi connectivity index (χ0) is 14.4. The number of anilines is 1. The van der Waals surface area contributed by atoms with Gasteiger partial charge in [-0.15, -0.1) is 12.4 Å². The molecule has 2 rings (SSSR count). The lowest BCUT2D eigenvalue weighted by atomic mass is 9.93. The second-order valence-electron chi connectivity index (χ2n) is 5.67. The van der Waals surface area contributed by atoms with Crippen LogP contribution >= 0.6 is 12.4 Å². The van der Waals surface area contributed by atoms with E-state index in [9.17, 15) is 4.79 Å². The van der Waals surface area contributed by atoms with E-state index >= 15 is 0 Å². The lowest BCUT2D eigenvalue weighted by Crippen LogP contribution is -2.41. The van der Waals surface area contributed by atoms with Crippen molar-refractivity contribution in [3.8, 4) is 0 Å². The number of hydrogen-bond donors (Lipinski definition) is 1. The van der Waals surface area contributed by atoms with E-state index < -0.39 is 0 Å². The first-order chi connectivity index (χ1) is 9.72. The van der Waals surface area contributed by atoms with Crippen LogP contribution in [-0.4, -0.2) is 23.4 Å². The van der Waals surface area contributed by atoms with Crippen LogP contribution in [-0.2, 0) is 11.2 Å². The third kappa shape index (κ3) is 4.92. The van der Waals surface area contributed by atoms with Crippen LogP contribution in [0.1, 0.15) is 51.0 Å². The van der Waals surface area contributed by atoms with Crippen LogP contribution in [0.2, 0.25) is 0 Å². The van der Waals surface area contributed by atoms with Crippen molar-refractivity contribution in [2.45, 2.75) is 57.9 Å². The normalized spacial score (nSPS) is 15.3. The number of amides is 1. The lowest BCUT2D eigenvalue weighted by molar-refractivity contribution is -0.133. The number of carbonyl (C=O) groups excluding carboxylic acids is 1. The summed E-state index contributed by atoms with van der Waals surface area (Å²) in [7, 11) is 0. The molecule has 4 heteroatoms. The molecule has 0 saturated heterocycles. The summed E-state index contributed by atoms with van der Waals surface area (Å²) in [5.74, 6) is 0.280. The van der Waals surface area contributed by atoms with E-state index in [4.69, 9.17) is 5.73 Å². The van der Waals surface area contributed by atoms with Gasteiger partial charge < -0.3 is 10.6 Å². The molecule has 0 aromatic heterocycles. The van der Waals surface area contributed by atoms with Gasteiger partial charge in [-0.2, -0.15) is 0 Å². The molecular weight excluding hydrogens is 284 g/mol. The fraction of sp³-hybridized carbons (Fsp3) is 0.588.